The van der Waals surface area contributed by atoms with Crippen LogP contribution in [0, 0.1) is 34.5 Å². The molecule has 1 N–H and O–H groups in total. The van der Waals surface area contributed by atoms with Crippen LogP contribution < -0.4 is 5.32 Å². The lowest BCUT2D eigenvalue weighted by atomic mass is 9.47. The molecule has 4 heteroatoms. The second kappa shape index (κ2) is 6.24. The minimum absolute atomic E-state index is 0.181. The smallest absolute Gasteiger partial charge is 0.223 e. The second-order valence-electron chi connectivity index (χ2n) is 10.0. The van der Waals surface area contributed by atoms with Gasteiger partial charge in [0.25, 0.3) is 0 Å². The Morgan fingerprint density at radius 3 is 2.54 bits per heavy atom. The monoisotopic (exact) mass is 360 g/mol. The van der Waals surface area contributed by atoms with E-state index in [1.807, 2.05) is 14.0 Å². The molecular formula is C22H36N2O2. The predicted molar refractivity (Wildman–Crippen MR) is 102 cm³/mol. The molecule has 4 rings (SSSR count). The number of nitrogens with one attached hydrogen (secondary N) is 1. The lowest BCUT2D eigenvalue weighted by molar-refractivity contribution is -0.159. The predicted octanol–water partition coefficient (Wildman–Crippen LogP) is 3.60. The summed E-state index contributed by atoms with van der Waals surface area (Å²) in [6, 6.07) is 0.426. The fourth-order valence-corrected chi connectivity index (χ4v) is 7.88. The molecule has 146 valence electrons. The number of likely N-dealkylation sites (tertiary alicyclic amines) is 1. The van der Waals surface area contributed by atoms with E-state index < -0.39 is 0 Å². The first-order chi connectivity index (χ1) is 12.3. The molecule has 0 aromatic carbocycles. The number of carbonyl (C=O) groups is 2. The van der Waals surface area contributed by atoms with Crippen LogP contribution in [-0.2, 0) is 9.59 Å². The maximum atomic E-state index is 12.7. The summed E-state index contributed by atoms with van der Waals surface area (Å²) < 4.78 is 0. The zero-order chi connectivity index (χ0) is 18.7. The van der Waals surface area contributed by atoms with Crippen molar-refractivity contribution in [3.63, 3.8) is 0 Å². The summed E-state index contributed by atoms with van der Waals surface area (Å²) in [4.78, 5) is 27.0. The van der Waals surface area contributed by atoms with E-state index in [1.165, 1.54) is 25.7 Å². The topological polar surface area (TPSA) is 49.4 Å². The van der Waals surface area contributed by atoms with Crippen molar-refractivity contribution in [1.29, 1.82) is 0 Å². The van der Waals surface area contributed by atoms with Crippen LogP contribution in [0.15, 0.2) is 0 Å². The summed E-state index contributed by atoms with van der Waals surface area (Å²) in [6.45, 7) is 7.64. The van der Waals surface area contributed by atoms with Crippen LogP contribution in [0.25, 0.3) is 0 Å². The number of rotatable bonds is 2. The maximum Gasteiger partial charge on any atom is 0.223 e. The van der Waals surface area contributed by atoms with Crippen molar-refractivity contribution in [2.75, 3.05) is 13.6 Å². The SMILES string of the molecule is CCNC(=O)[C@H]1CCC2C3CCC4N(C)C(=O)CCC4(C)C3CCC21C. The average Bonchev–Trinajstić information content (AvgIpc) is 2.96. The molecule has 1 saturated heterocycles. The Morgan fingerprint density at radius 2 is 1.81 bits per heavy atom. The second-order valence-corrected chi connectivity index (χ2v) is 10.0. The van der Waals surface area contributed by atoms with Gasteiger partial charge in [-0.25, -0.2) is 0 Å². The molecule has 4 fully saturated rings. The largest absolute Gasteiger partial charge is 0.356 e. The van der Waals surface area contributed by atoms with E-state index in [-0.39, 0.29) is 16.7 Å². The van der Waals surface area contributed by atoms with Crippen molar-refractivity contribution in [2.45, 2.75) is 78.2 Å². The Morgan fingerprint density at radius 1 is 1.08 bits per heavy atom. The fraction of sp³-hybridized carbons (Fsp3) is 0.909. The maximum absolute atomic E-state index is 12.7. The summed E-state index contributed by atoms with van der Waals surface area (Å²) >= 11 is 0. The summed E-state index contributed by atoms with van der Waals surface area (Å²) in [7, 11) is 2.03. The van der Waals surface area contributed by atoms with Crippen molar-refractivity contribution in [2.24, 2.45) is 34.5 Å². The van der Waals surface area contributed by atoms with Gasteiger partial charge in [0.2, 0.25) is 11.8 Å². The standard InChI is InChI=1S/C22H36N2O2/c1-5-23-20(26)17-8-7-15-14-6-9-18-22(3,13-11-19(25)24(18)4)16(14)10-12-21(15,17)2/h14-18H,5-13H2,1-4H3,(H,23,26)/t14?,15?,16?,17-,18?,21?,22?/m1/s1. The van der Waals surface area contributed by atoms with E-state index in [1.54, 1.807) is 0 Å². The van der Waals surface area contributed by atoms with E-state index in [0.29, 0.717) is 23.8 Å². The number of hydrogen-bond donors (Lipinski definition) is 1. The number of nitrogens with zero attached hydrogens (tertiary/aromatic N) is 1. The Hall–Kier alpha value is -1.06. The minimum Gasteiger partial charge on any atom is -0.356 e. The van der Waals surface area contributed by atoms with E-state index in [4.69, 9.17) is 0 Å². The van der Waals surface area contributed by atoms with Crippen LogP contribution in [0.1, 0.15) is 72.1 Å². The zero-order valence-corrected chi connectivity index (χ0v) is 17.0. The molecule has 0 aromatic heterocycles. The summed E-state index contributed by atoms with van der Waals surface area (Å²) in [5.41, 5.74) is 0.455. The van der Waals surface area contributed by atoms with Gasteiger partial charge in [-0.1, -0.05) is 13.8 Å². The molecule has 4 aliphatic rings. The van der Waals surface area contributed by atoms with Crippen LogP contribution >= 0.6 is 0 Å². The molecule has 0 aromatic rings. The Balaban J connectivity index is 1.59. The van der Waals surface area contributed by atoms with Gasteiger partial charge in [0, 0.05) is 32.0 Å². The Kier molecular flexibility index (Phi) is 4.39. The summed E-state index contributed by atoms with van der Waals surface area (Å²) in [5, 5.41) is 3.10. The van der Waals surface area contributed by atoms with Gasteiger partial charge in [-0.15, -0.1) is 0 Å². The first-order valence-electron chi connectivity index (χ1n) is 10.9. The molecule has 26 heavy (non-hydrogen) atoms. The number of fused-ring (bicyclic) bond motifs is 5. The van der Waals surface area contributed by atoms with Gasteiger partial charge in [0.05, 0.1) is 0 Å². The van der Waals surface area contributed by atoms with E-state index in [9.17, 15) is 9.59 Å². The van der Waals surface area contributed by atoms with Gasteiger partial charge in [0.15, 0.2) is 0 Å². The Labute approximate surface area is 158 Å². The van der Waals surface area contributed by atoms with Crippen molar-refractivity contribution in [3.05, 3.63) is 0 Å². The molecule has 6 unspecified atom stereocenters. The van der Waals surface area contributed by atoms with Crippen molar-refractivity contribution in [3.8, 4) is 0 Å². The van der Waals surface area contributed by atoms with Crippen LogP contribution in [0.5, 0.6) is 0 Å². The highest BCUT2D eigenvalue weighted by molar-refractivity contribution is 5.80. The zero-order valence-electron chi connectivity index (χ0n) is 17.0. The molecule has 7 atom stereocenters. The van der Waals surface area contributed by atoms with Crippen LogP contribution in [0.2, 0.25) is 0 Å². The first-order valence-corrected chi connectivity index (χ1v) is 10.9. The molecule has 1 aliphatic heterocycles. The molecule has 0 bridgehead atoms. The third kappa shape index (κ3) is 2.39. The molecule has 1 heterocycles. The average molecular weight is 361 g/mol. The number of piperidine rings is 1. The van der Waals surface area contributed by atoms with Gasteiger partial charge in [-0.3, -0.25) is 9.59 Å². The highest BCUT2D eigenvalue weighted by Gasteiger charge is 2.62. The molecule has 3 saturated carbocycles. The third-order valence-electron chi connectivity index (χ3n) is 9.22. The van der Waals surface area contributed by atoms with Gasteiger partial charge in [0.1, 0.15) is 0 Å². The summed E-state index contributed by atoms with van der Waals surface area (Å²) in [5.74, 6) is 2.99. The molecular weight excluding hydrogens is 324 g/mol. The lowest BCUT2D eigenvalue weighted by Gasteiger charge is -2.61. The number of hydrogen-bond acceptors (Lipinski definition) is 2. The van der Waals surface area contributed by atoms with E-state index in [2.05, 4.69) is 24.1 Å². The molecule has 2 amide bonds. The Bertz CT molecular complexity index is 605. The molecule has 4 nitrogen and oxygen atoms in total. The number of amides is 2. The quantitative estimate of drug-likeness (QED) is 0.818. The van der Waals surface area contributed by atoms with Crippen molar-refractivity contribution < 1.29 is 9.59 Å². The van der Waals surface area contributed by atoms with Crippen molar-refractivity contribution >= 4 is 11.8 Å². The van der Waals surface area contributed by atoms with Crippen molar-refractivity contribution in [1.82, 2.24) is 10.2 Å². The van der Waals surface area contributed by atoms with Gasteiger partial charge in [-0.2, -0.15) is 0 Å². The first kappa shape index (κ1) is 18.3. The molecule has 3 aliphatic carbocycles. The van der Waals surface area contributed by atoms with Gasteiger partial charge >= 0.3 is 0 Å². The number of carbonyl (C=O) groups excluding carboxylic acids is 2. The highest BCUT2D eigenvalue weighted by Crippen LogP contribution is 2.66. The third-order valence-corrected chi connectivity index (χ3v) is 9.22. The van der Waals surface area contributed by atoms with Gasteiger partial charge in [-0.05, 0) is 80.5 Å². The molecule has 0 radical (unpaired) electrons. The van der Waals surface area contributed by atoms with E-state index in [0.717, 1.165) is 44.1 Å². The fourth-order valence-electron chi connectivity index (χ4n) is 7.88. The van der Waals surface area contributed by atoms with Gasteiger partial charge < -0.3 is 10.2 Å². The minimum atomic E-state index is 0.181. The van der Waals surface area contributed by atoms with E-state index >= 15 is 0 Å². The normalized spacial score (nSPS) is 47.8. The summed E-state index contributed by atoms with van der Waals surface area (Å²) in [6.07, 6.45) is 8.87. The molecule has 0 spiro atoms. The highest BCUT2D eigenvalue weighted by atomic mass is 16.2. The lowest BCUT2D eigenvalue weighted by Crippen LogP contribution is -2.61. The van der Waals surface area contributed by atoms with Crippen LogP contribution in [-0.4, -0.2) is 36.3 Å². The van der Waals surface area contributed by atoms with Crippen LogP contribution in [0.3, 0.4) is 0 Å². The van der Waals surface area contributed by atoms with Crippen LogP contribution in [0.4, 0.5) is 0 Å².